The van der Waals surface area contributed by atoms with E-state index in [4.69, 9.17) is 4.52 Å². The number of aromatic nitrogens is 2. The molecule has 104 valence electrons. The van der Waals surface area contributed by atoms with Crippen molar-refractivity contribution in [1.29, 1.82) is 0 Å². The van der Waals surface area contributed by atoms with Crippen LogP contribution in [-0.2, 0) is 17.8 Å². The summed E-state index contributed by atoms with van der Waals surface area (Å²) in [5.74, 6) is 1.67. The Morgan fingerprint density at radius 2 is 2.42 bits per heavy atom. The zero-order chi connectivity index (χ0) is 13.8. The van der Waals surface area contributed by atoms with Gasteiger partial charge in [0.15, 0.2) is 5.82 Å². The van der Waals surface area contributed by atoms with Crippen molar-refractivity contribution in [2.24, 2.45) is 5.92 Å². The lowest BCUT2D eigenvalue weighted by Crippen LogP contribution is -2.41. The third kappa shape index (κ3) is 3.64. The van der Waals surface area contributed by atoms with Gasteiger partial charge >= 0.3 is 0 Å². The van der Waals surface area contributed by atoms with Crippen LogP contribution in [0.25, 0.3) is 0 Å². The smallest absolute Gasteiger partial charge is 0.243 e. The quantitative estimate of drug-likeness (QED) is 0.795. The highest BCUT2D eigenvalue weighted by Gasteiger charge is 2.22. The third-order valence-electron chi connectivity index (χ3n) is 2.90. The van der Waals surface area contributed by atoms with E-state index >= 15 is 0 Å². The van der Waals surface area contributed by atoms with E-state index in [9.17, 15) is 4.79 Å². The van der Waals surface area contributed by atoms with Crippen LogP contribution >= 0.6 is 0 Å². The predicted molar refractivity (Wildman–Crippen MR) is 70.2 cm³/mol. The number of amides is 1. The summed E-state index contributed by atoms with van der Waals surface area (Å²) in [4.78, 5) is 18.0. The van der Waals surface area contributed by atoms with Gasteiger partial charge < -0.3 is 9.42 Å². The molecule has 6 heteroatoms. The summed E-state index contributed by atoms with van der Waals surface area (Å²) in [5, 5.41) is 6.99. The van der Waals surface area contributed by atoms with Gasteiger partial charge in [0.1, 0.15) is 6.04 Å². The summed E-state index contributed by atoms with van der Waals surface area (Å²) >= 11 is 0. The Morgan fingerprint density at radius 1 is 1.63 bits per heavy atom. The number of nitrogens with one attached hydrogen (secondary N) is 1. The molecule has 6 nitrogen and oxygen atoms in total. The number of hydrogen-bond acceptors (Lipinski definition) is 5. The van der Waals surface area contributed by atoms with Gasteiger partial charge in [0, 0.05) is 20.0 Å². The molecule has 0 aromatic carbocycles. The molecule has 0 unspecified atom stereocenters. The van der Waals surface area contributed by atoms with Gasteiger partial charge in [-0.05, 0) is 5.92 Å². The van der Waals surface area contributed by atoms with E-state index in [1.54, 1.807) is 11.9 Å². The summed E-state index contributed by atoms with van der Waals surface area (Å²) in [6, 6.07) is -0.230. The zero-order valence-electron chi connectivity index (χ0n) is 11.6. The standard InChI is InChI=1S/C13H20N4O2/c1-9(2)7-12-15-11(16-19-12)8-17(3)13(18)10-5-4-6-14-10/h4-5,9-10,14H,6-8H2,1-3H3/t10-/m0/s1. The van der Waals surface area contributed by atoms with Crippen LogP contribution in [0.1, 0.15) is 25.6 Å². The Hall–Kier alpha value is -1.69. The van der Waals surface area contributed by atoms with Crippen molar-refractivity contribution >= 4 is 5.91 Å². The fourth-order valence-electron chi connectivity index (χ4n) is 1.95. The molecule has 1 aromatic heterocycles. The van der Waals surface area contributed by atoms with Gasteiger partial charge in [-0.15, -0.1) is 0 Å². The normalized spacial score (nSPS) is 18.2. The van der Waals surface area contributed by atoms with Crippen LogP contribution in [0.15, 0.2) is 16.7 Å². The van der Waals surface area contributed by atoms with E-state index in [0.717, 1.165) is 13.0 Å². The molecule has 2 heterocycles. The summed E-state index contributed by atoms with van der Waals surface area (Å²) in [6.07, 6.45) is 4.59. The Morgan fingerprint density at radius 3 is 3.05 bits per heavy atom. The van der Waals surface area contributed by atoms with E-state index in [-0.39, 0.29) is 11.9 Å². The van der Waals surface area contributed by atoms with E-state index in [1.807, 2.05) is 12.2 Å². The molecule has 1 N–H and O–H groups in total. The molecular weight excluding hydrogens is 244 g/mol. The van der Waals surface area contributed by atoms with Crippen molar-refractivity contribution in [3.8, 4) is 0 Å². The largest absolute Gasteiger partial charge is 0.339 e. The van der Waals surface area contributed by atoms with E-state index in [0.29, 0.717) is 24.2 Å². The first-order valence-electron chi connectivity index (χ1n) is 6.52. The second-order valence-corrected chi connectivity index (χ2v) is 5.21. The maximum absolute atomic E-state index is 12.1. The van der Waals surface area contributed by atoms with Crippen LogP contribution in [-0.4, -0.2) is 40.6 Å². The minimum absolute atomic E-state index is 0.0176. The lowest BCUT2D eigenvalue weighted by Gasteiger charge is -2.18. The molecule has 1 amide bonds. The number of carbonyl (C=O) groups excluding carboxylic acids is 1. The lowest BCUT2D eigenvalue weighted by atomic mass is 10.1. The van der Waals surface area contributed by atoms with Gasteiger partial charge in [0.25, 0.3) is 0 Å². The second kappa shape index (κ2) is 5.97. The molecule has 0 fully saturated rings. The Bertz CT molecular complexity index is 467. The van der Waals surface area contributed by atoms with Gasteiger partial charge in [-0.3, -0.25) is 10.1 Å². The average Bonchev–Trinajstić information content (AvgIpc) is 2.98. The molecule has 1 aliphatic rings. The van der Waals surface area contributed by atoms with Crippen molar-refractivity contribution in [2.75, 3.05) is 13.6 Å². The molecule has 1 aliphatic heterocycles. The van der Waals surface area contributed by atoms with Crippen molar-refractivity contribution in [3.63, 3.8) is 0 Å². The molecule has 0 spiro atoms. The maximum atomic E-state index is 12.1. The fraction of sp³-hybridized carbons (Fsp3) is 0.615. The maximum Gasteiger partial charge on any atom is 0.243 e. The highest BCUT2D eigenvalue weighted by molar-refractivity contribution is 5.84. The SMILES string of the molecule is CC(C)Cc1nc(CN(C)C(=O)[C@@H]2C=CCN2)no1. The summed E-state index contributed by atoms with van der Waals surface area (Å²) in [6.45, 7) is 5.30. The van der Waals surface area contributed by atoms with Crippen molar-refractivity contribution < 1.29 is 9.32 Å². The number of nitrogens with zero attached hydrogens (tertiary/aromatic N) is 3. The molecule has 1 aromatic rings. The number of likely N-dealkylation sites (N-methyl/N-ethyl adjacent to an activating group) is 1. The van der Waals surface area contributed by atoms with Gasteiger partial charge in [-0.1, -0.05) is 31.2 Å². The highest BCUT2D eigenvalue weighted by Crippen LogP contribution is 2.08. The van der Waals surface area contributed by atoms with Gasteiger partial charge in [-0.2, -0.15) is 4.98 Å². The first-order valence-corrected chi connectivity index (χ1v) is 6.52. The second-order valence-electron chi connectivity index (χ2n) is 5.21. The van der Waals surface area contributed by atoms with Crippen LogP contribution in [0.5, 0.6) is 0 Å². The lowest BCUT2D eigenvalue weighted by molar-refractivity contribution is -0.131. The molecular formula is C13H20N4O2. The molecule has 0 saturated heterocycles. The third-order valence-corrected chi connectivity index (χ3v) is 2.90. The van der Waals surface area contributed by atoms with Crippen LogP contribution in [0, 0.1) is 5.92 Å². The van der Waals surface area contributed by atoms with Crippen molar-refractivity contribution in [2.45, 2.75) is 32.9 Å². The molecule has 2 rings (SSSR count). The number of carbonyl (C=O) groups is 1. The molecule has 0 radical (unpaired) electrons. The first-order chi connectivity index (χ1) is 9.06. The van der Waals surface area contributed by atoms with E-state index < -0.39 is 0 Å². The van der Waals surface area contributed by atoms with Crippen LogP contribution in [0.3, 0.4) is 0 Å². The molecule has 0 bridgehead atoms. The van der Waals surface area contributed by atoms with Crippen molar-refractivity contribution in [3.05, 3.63) is 23.9 Å². The van der Waals surface area contributed by atoms with Gasteiger partial charge in [0.05, 0.1) is 6.54 Å². The highest BCUT2D eigenvalue weighted by atomic mass is 16.5. The number of hydrogen-bond donors (Lipinski definition) is 1. The topological polar surface area (TPSA) is 71.3 Å². The summed E-state index contributed by atoms with van der Waals surface area (Å²) in [7, 11) is 1.74. The summed E-state index contributed by atoms with van der Waals surface area (Å²) < 4.78 is 5.15. The average molecular weight is 264 g/mol. The number of rotatable bonds is 5. The zero-order valence-corrected chi connectivity index (χ0v) is 11.6. The van der Waals surface area contributed by atoms with E-state index in [1.165, 1.54) is 0 Å². The Labute approximate surface area is 112 Å². The molecule has 0 saturated carbocycles. The minimum Gasteiger partial charge on any atom is -0.339 e. The monoisotopic (exact) mass is 264 g/mol. The van der Waals surface area contributed by atoms with Crippen LogP contribution in [0.2, 0.25) is 0 Å². The van der Waals surface area contributed by atoms with Gasteiger partial charge in [0.2, 0.25) is 11.8 Å². The Balaban J connectivity index is 1.91. The van der Waals surface area contributed by atoms with Crippen molar-refractivity contribution in [1.82, 2.24) is 20.4 Å². The van der Waals surface area contributed by atoms with Gasteiger partial charge in [-0.25, -0.2) is 0 Å². The summed E-state index contributed by atoms with van der Waals surface area (Å²) in [5.41, 5.74) is 0. The van der Waals surface area contributed by atoms with E-state index in [2.05, 4.69) is 29.3 Å². The predicted octanol–water partition coefficient (Wildman–Crippen LogP) is 0.754. The fourth-order valence-corrected chi connectivity index (χ4v) is 1.95. The minimum atomic E-state index is -0.230. The molecule has 1 atom stereocenters. The first kappa shape index (κ1) is 13.7. The van der Waals surface area contributed by atoms with Crippen LogP contribution < -0.4 is 5.32 Å². The molecule has 19 heavy (non-hydrogen) atoms. The Kier molecular flexibility index (Phi) is 4.31. The van der Waals surface area contributed by atoms with Crippen LogP contribution in [0.4, 0.5) is 0 Å². The molecule has 0 aliphatic carbocycles.